The van der Waals surface area contributed by atoms with Crippen LogP contribution >= 0.6 is 0 Å². The Hall–Kier alpha value is 0.517. The van der Waals surface area contributed by atoms with E-state index in [1.54, 1.807) is 0 Å². The molecule has 1 unspecified atom stereocenters. The van der Waals surface area contributed by atoms with Gasteiger partial charge in [-0.25, -0.2) is 0 Å². The van der Waals surface area contributed by atoms with E-state index in [2.05, 4.69) is 0 Å². The van der Waals surface area contributed by atoms with Crippen LogP contribution in [0.4, 0.5) is 0 Å². The molecule has 2 nitrogen and oxygen atoms in total. The summed E-state index contributed by atoms with van der Waals surface area (Å²) in [5.74, 6) is 0. The minimum Gasteiger partial charge on any atom is -1.00 e. The second-order valence-corrected chi connectivity index (χ2v) is 1.16. The van der Waals surface area contributed by atoms with Crippen LogP contribution in [0.3, 0.4) is 0 Å². The molecule has 0 spiro atoms. The molecule has 0 fully saturated rings. The normalized spacial score (nSPS) is 12.4. The Bertz CT molecular complexity index is 37.2. The topological polar surface area (TPSA) is 35.2 Å². The third-order valence-electron chi connectivity index (χ3n) is 0.430. The third kappa shape index (κ3) is 10.7. The molecular weight excluding hydrogens is 85.0 g/mol. The predicted octanol–water partition coefficient (Wildman–Crippen LogP) is -2.56. The number of hydrogen-bond donors (Lipinski definition) is 1. The molecule has 0 rings (SSSR count). The van der Waals surface area contributed by atoms with Gasteiger partial charge in [0.2, 0.25) is 0 Å². The molecule has 0 heterocycles. The summed E-state index contributed by atoms with van der Waals surface area (Å²) in [5.41, 5.74) is 5.18. The average molecular weight is 97.1 g/mol. The van der Waals surface area contributed by atoms with Gasteiger partial charge in [-0.1, -0.05) is 0 Å². The molecule has 0 aliphatic carbocycles. The number of hydrogen-bond acceptors (Lipinski definition) is 2. The molecule has 0 aromatic rings. The van der Waals surface area contributed by atoms with Crippen LogP contribution in [0.1, 0.15) is 15.3 Å². The maximum Gasteiger partial charge on any atom is 1.00 e. The van der Waals surface area contributed by atoms with Crippen LogP contribution in [0.2, 0.25) is 0 Å². The largest absolute Gasteiger partial charge is 1.00 e. The summed E-state index contributed by atoms with van der Waals surface area (Å²) >= 11 is 0. The van der Waals surface area contributed by atoms with Crippen molar-refractivity contribution >= 4 is 0 Å². The maximum absolute atomic E-state index is 5.18. The summed E-state index contributed by atoms with van der Waals surface area (Å²) in [6, 6.07) is 0. The van der Waals surface area contributed by atoms with Gasteiger partial charge in [0.15, 0.2) is 0 Å². The van der Waals surface area contributed by atoms with Gasteiger partial charge >= 0.3 is 18.9 Å². The Morgan fingerprint density at radius 3 is 2.29 bits per heavy atom. The van der Waals surface area contributed by atoms with Crippen LogP contribution in [0.5, 0.6) is 0 Å². The molecule has 1 atom stereocenters. The first kappa shape index (κ1) is 10.5. The van der Waals surface area contributed by atoms with Crippen molar-refractivity contribution in [2.24, 2.45) is 5.73 Å². The molecule has 0 amide bonds. The van der Waals surface area contributed by atoms with Crippen LogP contribution in [-0.2, 0) is 4.74 Å². The Morgan fingerprint density at radius 1 is 1.86 bits per heavy atom. The van der Waals surface area contributed by atoms with Gasteiger partial charge < -0.3 is 11.9 Å². The molecule has 0 aromatic heterocycles. The van der Waals surface area contributed by atoms with Crippen LogP contribution in [0, 0.1) is 0 Å². The van der Waals surface area contributed by atoms with Crippen molar-refractivity contribution in [3.63, 3.8) is 0 Å². The Labute approximate surface area is 58.1 Å². The number of nitrogens with two attached hydrogens (primary N) is 1. The molecule has 0 aliphatic rings. The second kappa shape index (κ2) is 6.52. The van der Waals surface area contributed by atoms with Gasteiger partial charge in [0.1, 0.15) is 6.23 Å². The van der Waals surface area contributed by atoms with Crippen LogP contribution in [0.25, 0.3) is 0 Å². The average Bonchev–Trinajstić information content (AvgIpc) is 1.35. The summed E-state index contributed by atoms with van der Waals surface area (Å²) in [5, 5.41) is 0. The van der Waals surface area contributed by atoms with E-state index in [4.69, 9.17) is 10.5 Å². The van der Waals surface area contributed by atoms with Gasteiger partial charge in [0, 0.05) is 6.61 Å². The first-order chi connectivity index (χ1) is 2.77. The molecule has 2 N–H and O–H groups in total. The molecule has 7 heavy (non-hydrogen) atoms. The standard InChI is InChI=1S/C4H11NO.Li.H/c1-3-6-4(2)5;;/h4H,3,5H2,1-2H3;;/q;+1;-1. The molecule has 0 aromatic carbocycles. The monoisotopic (exact) mass is 97.1 g/mol. The Morgan fingerprint density at radius 2 is 2.29 bits per heavy atom. The summed E-state index contributed by atoms with van der Waals surface area (Å²) in [6.07, 6.45) is -0.102. The first-order valence-corrected chi connectivity index (χ1v) is 2.14. The van der Waals surface area contributed by atoms with E-state index >= 15 is 0 Å². The van der Waals surface area contributed by atoms with E-state index in [0.717, 1.165) is 0 Å². The minimum absolute atomic E-state index is 0. The van der Waals surface area contributed by atoms with E-state index in [1.165, 1.54) is 0 Å². The third-order valence-corrected chi connectivity index (χ3v) is 0.430. The van der Waals surface area contributed by atoms with Crippen molar-refractivity contribution in [2.75, 3.05) is 6.61 Å². The molecule has 0 bridgehead atoms. The molecular formula is C4H12LiNO. The fourth-order valence-electron chi connectivity index (χ4n) is 0.263. The van der Waals surface area contributed by atoms with Gasteiger partial charge in [-0.05, 0) is 13.8 Å². The minimum atomic E-state index is -0.102. The fraction of sp³-hybridized carbons (Fsp3) is 1.00. The van der Waals surface area contributed by atoms with Crippen molar-refractivity contribution in [3.8, 4) is 0 Å². The van der Waals surface area contributed by atoms with E-state index in [9.17, 15) is 0 Å². The quantitative estimate of drug-likeness (QED) is 0.304. The Balaban J connectivity index is -0.000000125. The number of rotatable bonds is 2. The van der Waals surface area contributed by atoms with Gasteiger partial charge in [-0.15, -0.1) is 0 Å². The summed E-state index contributed by atoms with van der Waals surface area (Å²) < 4.78 is 4.82. The van der Waals surface area contributed by atoms with Crippen LogP contribution in [-0.4, -0.2) is 12.8 Å². The van der Waals surface area contributed by atoms with Crippen LogP contribution in [0.15, 0.2) is 0 Å². The SMILES string of the molecule is CCOC(C)N.[H-].[Li+]. The molecule has 0 aliphatic heterocycles. The molecule has 40 valence electrons. The fourth-order valence-corrected chi connectivity index (χ4v) is 0.263. The maximum atomic E-state index is 5.18. The summed E-state index contributed by atoms with van der Waals surface area (Å²) in [6.45, 7) is 4.44. The molecule has 0 radical (unpaired) electrons. The summed E-state index contributed by atoms with van der Waals surface area (Å²) in [4.78, 5) is 0. The summed E-state index contributed by atoms with van der Waals surface area (Å²) in [7, 11) is 0. The van der Waals surface area contributed by atoms with Gasteiger partial charge in [0.05, 0.1) is 0 Å². The van der Waals surface area contributed by atoms with Gasteiger partial charge in [-0.2, -0.15) is 0 Å². The van der Waals surface area contributed by atoms with Gasteiger partial charge in [-0.3, -0.25) is 0 Å². The smallest absolute Gasteiger partial charge is 1.00 e. The molecule has 0 saturated carbocycles. The van der Waals surface area contributed by atoms with E-state index in [1.807, 2.05) is 13.8 Å². The number of ether oxygens (including phenoxy) is 1. The zero-order valence-corrected chi connectivity index (χ0v) is 5.27. The van der Waals surface area contributed by atoms with E-state index in [-0.39, 0.29) is 26.5 Å². The van der Waals surface area contributed by atoms with Crippen molar-refractivity contribution in [1.82, 2.24) is 0 Å². The Kier molecular flexibility index (Phi) is 9.77. The van der Waals surface area contributed by atoms with E-state index < -0.39 is 0 Å². The van der Waals surface area contributed by atoms with Crippen molar-refractivity contribution in [1.29, 1.82) is 0 Å². The van der Waals surface area contributed by atoms with Gasteiger partial charge in [0.25, 0.3) is 0 Å². The first-order valence-electron chi connectivity index (χ1n) is 2.14. The zero-order chi connectivity index (χ0) is 4.99. The molecule has 0 saturated heterocycles. The van der Waals surface area contributed by atoms with Crippen LogP contribution < -0.4 is 24.6 Å². The predicted molar refractivity (Wildman–Crippen MR) is 26.4 cm³/mol. The zero-order valence-electron chi connectivity index (χ0n) is 6.27. The second-order valence-electron chi connectivity index (χ2n) is 1.16. The van der Waals surface area contributed by atoms with Crippen molar-refractivity contribution in [2.45, 2.75) is 20.1 Å². The van der Waals surface area contributed by atoms with E-state index in [0.29, 0.717) is 6.61 Å². The molecule has 3 heteroatoms. The van der Waals surface area contributed by atoms with Crippen molar-refractivity contribution < 1.29 is 25.0 Å². The van der Waals surface area contributed by atoms with Crippen molar-refractivity contribution in [3.05, 3.63) is 0 Å².